The van der Waals surface area contributed by atoms with Gasteiger partial charge >= 0.3 is 5.97 Å². The van der Waals surface area contributed by atoms with Gasteiger partial charge in [0.05, 0.1) is 10.8 Å². The van der Waals surface area contributed by atoms with E-state index in [9.17, 15) is 9.90 Å². The SMILES string of the molecule is CCc1cc2c(N3CCC(CC)(C(=O)O)C3)ncnc2s1. The van der Waals surface area contributed by atoms with E-state index in [4.69, 9.17) is 0 Å². The van der Waals surface area contributed by atoms with Gasteiger partial charge in [0.2, 0.25) is 0 Å². The highest BCUT2D eigenvalue weighted by molar-refractivity contribution is 7.18. The van der Waals surface area contributed by atoms with Crippen LogP contribution in [0.1, 0.15) is 31.6 Å². The molecule has 5 nitrogen and oxygen atoms in total. The highest BCUT2D eigenvalue weighted by Gasteiger charge is 2.44. The summed E-state index contributed by atoms with van der Waals surface area (Å²) in [5.74, 6) is 0.185. The predicted octanol–water partition coefficient (Wildman–Crippen LogP) is 2.94. The molecule has 1 aliphatic rings. The number of fused-ring (bicyclic) bond motifs is 1. The van der Waals surface area contributed by atoms with Crippen LogP contribution in [0.3, 0.4) is 0 Å². The fraction of sp³-hybridized carbons (Fsp3) is 0.533. The zero-order chi connectivity index (χ0) is 15.0. The van der Waals surface area contributed by atoms with Crippen LogP contribution in [0.5, 0.6) is 0 Å². The third-order valence-electron chi connectivity index (χ3n) is 4.49. The summed E-state index contributed by atoms with van der Waals surface area (Å²) in [6.45, 7) is 5.35. The number of aryl methyl sites for hydroxylation is 1. The molecule has 0 radical (unpaired) electrons. The molecule has 2 aromatic heterocycles. The predicted molar refractivity (Wildman–Crippen MR) is 84.0 cm³/mol. The fourth-order valence-electron chi connectivity index (χ4n) is 2.99. The van der Waals surface area contributed by atoms with E-state index >= 15 is 0 Å². The Balaban J connectivity index is 1.98. The Morgan fingerprint density at radius 2 is 2.29 bits per heavy atom. The van der Waals surface area contributed by atoms with E-state index in [2.05, 4.69) is 27.9 Å². The Bertz CT molecular complexity index is 685. The summed E-state index contributed by atoms with van der Waals surface area (Å²) < 4.78 is 0. The quantitative estimate of drug-likeness (QED) is 0.940. The zero-order valence-electron chi connectivity index (χ0n) is 12.3. The van der Waals surface area contributed by atoms with Gasteiger partial charge in [-0.15, -0.1) is 11.3 Å². The third kappa shape index (κ3) is 2.27. The molecule has 1 aliphatic heterocycles. The highest BCUT2D eigenvalue weighted by Crippen LogP contribution is 2.39. The molecule has 6 heteroatoms. The maximum Gasteiger partial charge on any atom is 0.311 e. The van der Waals surface area contributed by atoms with Crippen molar-refractivity contribution in [1.82, 2.24) is 9.97 Å². The van der Waals surface area contributed by atoms with Crippen molar-refractivity contribution in [3.63, 3.8) is 0 Å². The molecule has 21 heavy (non-hydrogen) atoms. The molecule has 3 heterocycles. The lowest BCUT2D eigenvalue weighted by Gasteiger charge is -2.23. The number of carboxylic acid groups (broad SMARTS) is 1. The number of nitrogens with zero attached hydrogens (tertiary/aromatic N) is 3. The number of carboxylic acids is 1. The monoisotopic (exact) mass is 305 g/mol. The maximum absolute atomic E-state index is 11.6. The van der Waals surface area contributed by atoms with E-state index in [1.54, 1.807) is 17.7 Å². The Morgan fingerprint density at radius 3 is 2.90 bits per heavy atom. The Labute approximate surface area is 127 Å². The van der Waals surface area contributed by atoms with Crippen molar-refractivity contribution < 1.29 is 9.90 Å². The van der Waals surface area contributed by atoms with E-state index in [1.165, 1.54) is 4.88 Å². The number of thiophene rings is 1. The van der Waals surface area contributed by atoms with E-state index in [-0.39, 0.29) is 0 Å². The molecule has 0 aromatic carbocycles. The number of anilines is 1. The van der Waals surface area contributed by atoms with E-state index in [0.717, 1.165) is 29.0 Å². The van der Waals surface area contributed by atoms with Crippen molar-refractivity contribution in [3.8, 4) is 0 Å². The first-order chi connectivity index (χ1) is 10.1. The molecule has 112 valence electrons. The van der Waals surface area contributed by atoms with Crippen LogP contribution in [0.25, 0.3) is 10.2 Å². The largest absolute Gasteiger partial charge is 0.481 e. The van der Waals surface area contributed by atoms with Gasteiger partial charge in [-0.05, 0) is 25.3 Å². The van der Waals surface area contributed by atoms with Crippen molar-refractivity contribution in [3.05, 3.63) is 17.3 Å². The number of hydrogen-bond donors (Lipinski definition) is 1. The molecule has 1 unspecified atom stereocenters. The number of aromatic nitrogens is 2. The van der Waals surface area contributed by atoms with Crippen molar-refractivity contribution in [1.29, 1.82) is 0 Å². The second kappa shape index (κ2) is 5.26. The normalized spacial score (nSPS) is 22.1. The van der Waals surface area contributed by atoms with Gasteiger partial charge in [-0.1, -0.05) is 13.8 Å². The van der Waals surface area contributed by atoms with Crippen LogP contribution in [0.2, 0.25) is 0 Å². The molecule has 0 saturated carbocycles. The standard InChI is InChI=1S/C15H19N3O2S/c1-3-10-7-11-12(16-9-17-13(11)21-10)18-6-5-15(4-2,8-18)14(19)20/h7,9H,3-6,8H2,1-2H3,(H,19,20). The van der Waals surface area contributed by atoms with Gasteiger partial charge in [-0.2, -0.15) is 0 Å². The Morgan fingerprint density at radius 1 is 1.48 bits per heavy atom. The van der Waals surface area contributed by atoms with Crippen LogP contribution in [0.15, 0.2) is 12.4 Å². The van der Waals surface area contributed by atoms with Crippen LogP contribution in [-0.4, -0.2) is 34.1 Å². The summed E-state index contributed by atoms with van der Waals surface area (Å²) >= 11 is 1.69. The van der Waals surface area contributed by atoms with Crippen LogP contribution >= 0.6 is 11.3 Å². The maximum atomic E-state index is 11.6. The smallest absolute Gasteiger partial charge is 0.311 e. The summed E-state index contributed by atoms with van der Waals surface area (Å²) in [5.41, 5.74) is -0.638. The zero-order valence-corrected chi connectivity index (χ0v) is 13.1. The van der Waals surface area contributed by atoms with Gasteiger partial charge in [-0.25, -0.2) is 9.97 Å². The van der Waals surface area contributed by atoms with Crippen LogP contribution in [-0.2, 0) is 11.2 Å². The molecule has 1 N–H and O–H groups in total. The second-order valence-corrected chi connectivity index (χ2v) is 6.71. The van der Waals surface area contributed by atoms with Crippen molar-refractivity contribution >= 4 is 33.3 Å². The highest BCUT2D eigenvalue weighted by atomic mass is 32.1. The van der Waals surface area contributed by atoms with Crippen molar-refractivity contribution in [2.24, 2.45) is 5.41 Å². The summed E-state index contributed by atoms with van der Waals surface area (Å²) in [6, 6.07) is 2.14. The minimum absolute atomic E-state index is 0.530. The fourth-order valence-corrected chi connectivity index (χ4v) is 3.92. The van der Waals surface area contributed by atoms with Crippen LogP contribution in [0, 0.1) is 5.41 Å². The Hall–Kier alpha value is -1.69. The minimum atomic E-state index is -0.697. The van der Waals surface area contributed by atoms with Gasteiger partial charge < -0.3 is 10.0 Å². The van der Waals surface area contributed by atoms with Gasteiger partial charge in [0.25, 0.3) is 0 Å². The molecule has 3 rings (SSSR count). The van der Waals surface area contributed by atoms with Crippen LogP contribution < -0.4 is 4.90 Å². The van der Waals surface area contributed by atoms with Gasteiger partial charge in [-0.3, -0.25) is 4.79 Å². The average molecular weight is 305 g/mol. The molecule has 0 spiro atoms. The molecule has 0 bridgehead atoms. The van der Waals surface area contributed by atoms with Crippen LogP contribution in [0.4, 0.5) is 5.82 Å². The summed E-state index contributed by atoms with van der Waals surface area (Å²) in [5, 5.41) is 10.6. The second-order valence-electron chi connectivity index (χ2n) is 5.59. The molecular formula is C15H19N3O2S. The first-order valence-corrected chi connectivity index (χ1v) is 8.13. The summed E-state index contributed by atoms with van der Waals surface area (Å²) in [7, 11) is 0. The summed E-state index contributed by atoms with van der Waals surface area (Å²) in [4.78, 5) is 24.7. The van der Waals surface area contributed by atoms with Gasteiger partial charge in [0.15, 0.2) is 0 Å². The number of hydrogen-bond acceptors (Lipinski definition) is 5. The summed E-state index contributed by atoms with van der Waals surface area (Å²) in [6.07, 6.45) is 3.89. The lowest BCUT2D eigenvalue weighted by atomic mass is 9.84. The van der Waals surface area contributed by atoms with Gasteiger partial charge in [0, 0.05) is 18.0 Å². The molecule has 1 fully saturated rings. The van der Waals surface area contributed by atoms with E-state index in [1.807, 2.05) is 6.92 Å². The van der Waals surface area contributed by atoms with E-state index in [0.29, 0.717) is 19.4 Å². The van der Waals surface area contributed by atoms with Crippen molar-refractivity contribution in [2.45, 2.75) is 33.1 Å². The third-order valence-corrected chi connectivity index (χ3v) is 5.68. The molecule has 0 amide bonds. The average Bonchev–Trinajstić information content (AvgIpc) is 3.11. The lowest BCUT2D eigenvalue weighted by Crippen LogP contribution is -2.34. The minimum Gasteiger partial charge on any atom is -0.481 e. The first kappa shape index (κ1) is 14.3. The molecule has 1 saturated heterocycles. The number of carbonyl (C=O) groups is 1. The topological polar surface area (TPSA) is 66.3 Å². The number of rotatable bonds is 4. The van der Waals surface area contributed by atoms with Gasteiger partial charge in [0.1, 0.15) is 17.0 Å². The molecule has 0 aliphatic carbocycles. The van der Waals surface area contributed by atoms with Crippen molar-refractivity contribution in [2.75, 3.05) is 18.0 Å². The molecule has 1 atom stereocenters. The Kier molecular flexibility index (Phi) is 3.57. The first-order valence-electron chi connectivity index (χ1n) is 7.31. The molecular weight excluding hydrogens is 286 g/mol. The lowest BCUT2D eigenvalue weighted by molar-refractivity contribution is -0.147. The number of aliphatic carboxylic acids is 1. The van der Waals surface area contributed by atoms with E-state index < -0.39 is 11.4 Å². The molecule has 2 aromatic rings.